The fourth-order valence-corrected chi connectivity index (χ4v) is 2.44. The van der Waals surface area contributed by atoms with E-state index in [1.807, 2.05) is 0 Å². The molecule has 1 aliphatic heterocycles. The average molecular weight is 387 g/mol. The van der Waals surface area contributed by atoms with Gasteiger partial charge < -0.3 is 24.3 Å². The number of fused-ring (bicyclic) bond motifs is 1. The van der Waals surface area contributed by atoms with E-state index in [2.05, 4.69) is 5.32 Å². The standard InChI is InChI=1S/C20H18FNO6/c1-25-16-5-2-13(8-15(16)21)4-7-20(24)26-11-19(23)22-10-14-3-6-17-18(9-14)28-12-27-17/h2-9H,10-12H2,1H3,(H,22,23)/b7-4+. The van der Waals surface area contributed by atoms with Crippen molar-refractivity contribution in [1.29, 1.82) is 0 Å². The first-order valence-electron chi connectivity index (χ1n) is 8.39. The number of methoxy groups -OCH3 is 1. The highest BCUT2D eigenvalue weighted by Gasteiger charge is 2.13. The number of carbonyl (C=O) groups excluding carboxylic acids is 2. The van der Waals surface area contributed by atoms with E-state index in [0.717, 1.165) is 11.6 Å². The fraction of sp³-hybridized carbons (Fsp3) is 0.200. The van der Waals surface area contributed by atoms with Crippen molar-refractivity contribution in [3.63, 3.8) is 0 Å². The summed E-state index contributed by atoms with van der Waals surface area (Å²) in [7, 11) is 1.36. The van der Waals surface area contributed by atoms with Crippen molar-refractivity contribution in [3.8, 4) is 17.2 Å². The van der Waals surface area contributed by atoms with Gasteiger partial charge in [-0.15, -0.1) is 0 Å². The van der Waals surface area contributed by atoms with Gasteiger partial charge in [0.25, 0.3) is 5.91 Å². The normalized spacial score (nSPS) is 12.1. The molecule has 0 bridgehead atoms. The van der Waals surface area contributed by atoms with Crippen LogP contribution in [-0.2, 0) is 20.9 Å². The van der Waals surface area contributed by atoms with Crippen LogP contribution in [0.25, 0.3) is 6.08 Å². The number of benzene rings is 2. The molecule has 0 aliphatic carbocycles. The summed E-state index contributed by atoms with van der Waals surface area (Å²) in [6.07, 6.45) is 2.50. The van der Waals surface area contributed by atoms with E-state index in [0.29, 0.717) is 17.1 Å². The second-order valence-electron chi connectivity index (χ2n) is 5.80. The zero-order valence-corrected chi connectivity index (χ0v) is 15.1. The number of hydrogen-bond donors (Lipinski definition) is 1. The lowest BCUT2D eigenvalue weighted by Crippen LogP contribution is -2.28. The molecule has 0 fully saturated rings. The van der Waals surface area contributed by atoms with Crippen LogP contribution >= 0.6 is 0 Å². The molecule has 2 aromatic rings. The van der Waals surface area contributed by atoms with Gasteiger partial charge in [-0.05, 0) is 41.5 Å². The second kappa shape index (κ2) is 8.90. The fourth-order valence-electron chi connectivity index (χ4n) is 2.44. The molecule has 0 saturated carbocycles. The second-order valence-corrected chi connectivity index (χ2v) is 5.80. The van der Waals surface area contributed by atoms with Crippen LogP contribution in [0.5, 0.6) is 17.2 Å². The minimum atomic E-state index is -0.713. The summed E-state index contributed by atoms with van der Waals surface area (Å²) in [6.45, 7) is 0.0104. The lowest BCUT2D eigenvalue weighted by molar-refractivity contribution is -0.143. The molecule has 8 heteroatoms. The predicted octanol–water partition coefficient (Wildman–Crippen LogP) is 2.44. The van der Waals surface area contributed by atoms with E-state index in [1.54, 1.807) is 24.3 Å². The van der Waals surface area contributed by atoms with E-state index in [4.69, 9.17) is 18.9 Å². The van der Waals surface area contributed by atoms with Gasteiger partial charge in [0.1, 0.15) is 0 Å². The molecule has 0 atom stereocenters. The zero-order chi connectivity index (χ0) is 19.9. The molecule has 1 aliphatic rings. The minimum Gasteiger partial charge on any atom is -0.494 e. The van der Waals surface area contributed by atoms with Gasteiger partial charge in [-0.2, -0.15) is 0 Å². The van der Waals surface area contributed by atoms with Gasteiger partial charge in [0, 0.05) is 12.6 Å². The van der Waals surface area contributed by atoms with E-state index in [-0.39, 0.29) is 19.1 Å². The summed E-state index contributed by atoms with van der Waals surface area (Å²) >= 11 is 0. The maximum absolute atomic E-state index is 13.6. The molecule has 0 spiro atoms. The van der Waals surface area contributed by atoms with Crippen LogP contribution in [0.4, 0.5) is 4.39 Å². The number of ether oxygens (including phenoxy) is 4. The van der Waals surface area contributed by atoms with E-state index >= 15 is 0 Å². The molecule has 0 saturated heterocycles. The summed E-state index contributed by atoms with van der Waals surface area (Å²) in [5.74, 6) is -0.310. The predicted molar refractivity (Wildman–Crippen MR) is 97.4 cm³/mol. The van der Waals surface area contributed by atoms with Gasteiger partial charge in [-0.3, -0.25) is 4.79 Å². The van der Waals surface area contributed by atoms with E-state index < -0.39 is 24.3 Å². The summed E-state index contributed by atoms with van der Waals surface area (Å²) < 4.78 is 33.7. The van der Waals surface area contributed by atoms with Crippen LogP contribution in [0.2, 0.25) is 0 Å². The number of hydrogen-bond acceptors (Lipinski definition) is 6. The lowest BCUT2D eigenvalue weighted by atomic mass is 10.2. The van der Waals surface area contributed by atoms with Crippen molar-refractivity contribution in [2.75, 3.05) is 20.5 Å². The Morgan fingerprint density at radius 1 is 1.18 bits per heavy atom. The largest absolute Gasteiger partial charge is 0.494 e. The number of esters is 1. The maximum atomic E-state index is 13.6. The van der Waals surface area contributed by atoms with Gasteiger partial charge in [0.2, 0.25) is 6.79 Å². The minimum absolute atomic E-state index is 0.110. The first-order chi connectivity index (χ1) is 13.5. The van der Waals surface area contributed by atoms with Crippen molar-refractivity contribution >= 4 is 18.0 Å². The Balaban J connectivity index is 1.42. The Hall–Kier alpha value is -3.55. The molecule has 3 rings (SSSR count). The Morgan fingerprint density at radius 2 is 2.00 bits per heavy atom. The molecule has 146 valence electrons. The van der Waals surface area contributed by atoms with Gasteiger partial charge in [0.15, 0.2) is 29.7 Å². The average Bonchev–Trinajstić information content (AvgIpc) is 3.17. The monoisotopic (exact) mass is 387 g/mol. The highest BCUT2D eigenvalue weighted by Crippen LogP contribution is 2.32. The zero-order valence-electron chi connectivity index (χ0n) is 15.1. The van der Waals surface area contributed by atoms with E-state index in [9.17, 15) is 14.0 Å². The molecule has 0 aromatic heterocycles. The molecule has 2 aromatic carbocycles. The summed E-state index contributed by atoms with van der Waals surface area (Å²) in [5.41, 5.74) is 1.29. The van der Waals surface area contributed by atoms with Gasteiger partial charge in [-0.25, -0.2) is 9.18 Å². The summed E-state index contributed by atoms with van der Waals surface area (Å²) in [6, 6.07) is 9.59. The van der Waals surface area contributed by atoms with Crippen LogP contribution in [0, 0.1) is 5.82 Å². The lowest BCUT2D eigenvalue weighted by Gasteiger charge is -2.06. The quantitative estimate of drug-likeness (QED) is 0.580. The number of halogens is 1. The molecule has 7 nitrogen and oxygen atoms in total. The number of nitrogens with one attached hydrogen (secondary N) is 1. The molecule has 0 radical (unpaired) electrons. The van der Waals surface area contributed by atoms with E-state index in [1.165, 1.54) is 25.3 Å². The van der Waals surface area contributed by atoms with Crippen molar-refractivity contribution in [2.24, 2.45) is 0 Å². The van der Waals surface area contributed by atoms with Crippen LogP contribution in [0.3, 0.4) is 0 Å². The topological polar surface area (TPSA) is 83.1 Å². The molecular weight excluding hydrogens is 369 g/mol. The highest BCUT2D eigenvalue weighted by molar-refractivity contribution is 5.89. The van der Waals surface area contributed by atoms with Crippen molar-refractivity contribution < 1.29 is 32.9 Å². The first kappa shape index (κ1) is 19.2. The molecular formula is C20H18FNO6. The highest BCUT2D eigenvalue weighted by atomic mass is 19.1. The van der Waals surface area contributed by atoms with Crippen LogP contribution in [-0.4, -0.2) is 32.4 Å². The Kier molecular flexibility index (Phi) is 6.11. The number of carbonyl (C=O) groups is 2. The molecule has 1 N–H and O–H groups in total. The number of amides is 1. The Bertz CT molecular complexity index is 912. The van der Waals surface area contributed by atoms with Crippen molar-refractivity contribution in [2.45, 2.75) is 6.54 Å². The van der Waals surface area contributed by atoms with Gasteiger partial charge in [0.05, 0.1) is 7.11 Å². The van der Waals surface area contributed by atoms with Gasteiger partial charge >= 0.3 is 5.97 Å². The number of rotatable bonds is 7. The SMILES string of the molecule is COc1ccc(/C=C/C(=O)OCC(=O)NCc2ccc3c(c2)OCO3)cc1F. The van der Waals surface area contributed by atoms with Crippen LogP contribution in [0.15, 0.2) is 42.5 Å². The third-order valence-corrected chi connectivity index (χ3v) is 3.86. The van der Waals surface area contributed by atoms with Crippen LogP contribution in [0.1, 0.15) is 11.1 Å². The Labute approximate surface area is 160 Å². The van der Waals surface area contributed by atoms with Crippen molar-refractivity contribution in [3.05, 3.63) is 59.4 Å². The molecule has 0 unspecified atom stereocenters. The third-order valence-electron chi connectivity index (χ3n) is 3.86. The molecule has 1 amide bonds. The van der Waals surface area contributed by atoms with Crippen LogP contribution < -0.4 is 19.5 Å². The maximum Gasteiger partial charge on any atom is 0.331 e. The third kappa shape index (κ3) is 5.00. The smallest absolute Gasteiger partial charge is 0.331 e. The first-order valence-corrected chi connectivity index (χ1v) is 8.39. The summed E-state index contributed by atoms with van der Waals surface area (Å²) in [4.78, 5) is 23.5. The molecule has 1 heterocycles. The molecule has 28 heavy (non-hydrogen) atoms. The summed E-state index contributed by atoms with van der Waals surface area (Å²) in [5, 5.41) is 2.64. The van der Waals surface area contributed by atoms with Crippen molar-refractivity contribution in [1.82, 2.24) is 5.32 Å². The Morgan fingerprint density at radius 3 is 2.79 bits per heavy atom. The van der Waals surface area contributed by atoms with Gasteiger partial charge in [-0.1, -0.05) is 12.1 Å².